The molecule has 3 saturated heterocycles. The lowest BCUT2D eigenvalue weighted by Crippen LogP contribution is -2.57. The van der Waals surface area contributed by atoms with Gasteiger partial charge in [0.05, 0.1) is 4.88 Å². The van der Waals surface area contributed by atoms with Crippen LogP contribution in [-0.2, 0) is 6.54 Å². The summed E-state index contributed by atoms with van der Waals surface area (Å²) in [6.07, 6.45) is 2.41. The van der Waals surface area contributed by atoms with Crippen molar-refractivity contribution in [2.45, 2.75) is 25.4 Å². The number of hydrogen-bond acceptors (Lipinski definition) is 4. The Bertz CT molecular complexity index is 1030. The Morgan fingerprint density at radius 1 is 1.07 bits per heavy atom. The molecule has 4 nitrogen and oxygen atoms in total. The van der Waals surface area contributed by atoms with Gasteiger partial charge < -0.3 is 16.0 Å². The van der Waals surface area contributed by atoms with Gasteiger partial charge >= 0.3 is 0 Å². The van der Waals surface area contributed by atoms with E-state index in [1.807, 2.05) is 18.2 Å². The molecule has 7 heteroatoms. The Hall–Kier alpha value is -1.63. The first-order chi connectivity index (χ1) is 13.7. The number of hydrogen-bond donors (Lipinski definition) is 2. The molecule has 0 radical (unpaired) electrons. The number of amides is 1. The van der Waals surface area contributed by atoms with Crippen molar-refractivity contribution in [2.24, 2.45) is 11.7 Å². The maximum atomic E-state index is 13.0. The Morgan fingerprint density at radius 3 is 2.50 bits per heavy atom. The van der Waals surface area contributed by atoms with Gasteiger partial charge in [0.2, 0.25) is 0 Å². The molecule has 0 saturated carbocycles. The summed E-state index contributed by atoms with van der Waals surface area (Å²) < 4.78 is 1.16. The molecule has 30 heavy (non-hydrogen) atoms. The van der Waals surface area contributed by atoms with E-state index < -0.39 is 0 Å². The fourth-order valence-electron chi connectivity index (χ4n) is 4.72. The van der Waals surface area contributed by atoms with Gasteiger partial charge in [-0.15, -0.1) is 36.2 Å². The standard InChI is InChI=1S/C23H25N3OS.2ClH/c24-13-17-4-1-2-6-18(17)19-7-3-5-16-12-21(28-22(16)19)23(27)25-20-14-26-10-8-15(20)9-11-26;;/h1-7,12,15,20H,8-11,13-14,24H2,(H,25,27);2*1H/t20-;;/m0../s1. The molecule has 3 N–H and O–H groups in total. The maximum absolute atomic E-state index is 13.0. The first-order valence-corrected chi connectivity index (χ1v) is 10.9. The number of rotatable bonds is 4. The van der Waals surface area contributed by atoms with E-state index in [2.05, 4.69) is 40.5 Å². The molecule has 0 aliphatic carbocycles. The second kappa shape index (κ2) is 9.67. The van der Waals surface area contributed by atoms with Crippen molar-refractivity contribution < 1.29 is 4.79 Å². The molecule has 1 atom stereocenters. The van der Waals surface area contributed by atoms with Gasteiger partial charge in [0, 0.05) is 23.8 Å². The van der Waals surface area contributed by atoms with Gasteiger partial charge in [-0.25, -0.2) is 0 Å². The molecule has 2 aromatic carbocycles. The SMILES string of the molecule is Cl.Cl.NCc1ccccc1-c1cccc2cc(C(=O)N[C@H]3CN4CCC3CC4)sc12. The van der Waals surface area contributed by atoms with Crippen molar-refractivity contribution in [2.75, 3.05) is 19.6 Å². The summed E-state index contributed by atoms with van der Waals surface area (Å²) in [5, 5.41) is 4.44. The fourth-order valence-corrected chi connectivity index (χ4v) is 5.81. The normalized spacial score (nSPS) is 22.2. The number of halogens is 2. The van der Waals surface area contributed by atoms with Gasteiger partial charge in [-0.2, -0.15) is 0 Å². The number of nitrogens with zero attached hydrogens (tertiary/aromatic N) is 1. The third-order valence-corrected chi connectivity index (χ3v) is 7.45. The van der Waals surface area contributed by atoms with Crippen LogP contribution in [0.4, 0.5) is 0 Å². The molecular formula is C23H27Cl2N3OS. The van der Waals surface area contributed by atoms with Crippen LogP contribution in [0.5, 0.6) is 0 Å². The minimum absolute atomic E-state index is 0. The van der Waals surface area contributed by atoms with Crippen LogP contribution in [0.1, 0.15) is 28.1 Å². The molecule has 1 aromatic heterocycles. The number of fused-ring (bicyclic) bond motifs is 4. The van der Waals surface area contributed by atoms with Crippen LogP contribution < -0.4 is 11.1 Å². The van der Waals surface area contributed by atoms with E-state index in [9.17, 15) is 4.79 Å². The van der Waals surface area contributed by atoms with Crippen LogP contribution in [0.25, 0.3) is 21.2 Å². The zero-order chi connectivity index (χ0) is 19.1. The maximum Gasteiger partial charge on any atom is 0.261 e. The summed E-state index contributed by atoms with van der Waals surface area (Å²) >= 11 is 1.59. The Kier molecular flexibility index (Phi) is 7.43. The largest absolute Gasteiger partial charge is 0.347 e. The quantitative estimate of drug-likeness (QED) is 0.589. The minimum Gasteiger partial charge on any atom is -0.347 e. The van der Waals surface area contributed by atoms with Crippen molar-refractivity contribution in [3.8, 4) is 11.1 Å². The van der Waals surface area contributed by atoms with Crippen LogP contribution in [-0.4, -0.2) is 36.5 Å². The van der Waals surface area contributed by atoms with E-state index in [1.54, 1.807) is 11.3 Å². The smallest absolute Gasteiger partial charge is 0.261 e. The van der Waals surface area contributed by atoms with E-state index in [-0.39, 0.29) is 36.8 Å². The summed E-state index contributed by atoms with van der Waals surface area (Å²) in [7, 11) is 0. The fraction of sp³-hybridized carbons (Fsp3) is 0.348. The number of nitrogens with one attached hydrogen (secondary N) is 1. The van der Waals surface area contributed by atoms with Crippen molar-refractivity contribution >= 4 is 52.1 Å². The molecule has 3 aliphatic rings. The summed E-state index contributed by atoms with van der Waals surface area (Å²) in [6.45, 7) is 3.87. The van der Waals surface area contributed by atoms with E-state index >= 15 is 0 Å². The van der Waals surface area contributed by atoms with E-state index in [0.29, 0.717) is 12.5 Å². The van der Waals surface area contributed by atoms with Crippen LogP contribution in [0, 0.1) is 5.92 Å². The lowest BCUT2D eigenvalue weighted by Gasteiger charge is -2.44. The molecule has 1 amide bonds. The molecule has 3 fully saturated rings. The summed E-state index contributed by atoms with van der Waals surface area (Å²) in [5.74, 6) is 0.702. The van der Waals surface area contributed by atoms with Gasteiger partial charge in [-0.3, -0.25) is 4.79 Å². The predicted molar refractivity (Wildman–Crippen MR) is 130 cm³/mol. The van der Waals surface area contributed by atoms with E-state index in [1.165, 1.54) is 25.9 Å². The lowest BCUT2D eigenvalue weighted by atomic mass is 9.84. The second-order valence-corrected chi connectivity index (χ2v) is 8.97. The summed E-state index contributed by atoms with van der Waals surface area (Å²) in [5.41, 5.74) is 9.39. The Labute approximate surface area is 193 Å². The third-order valence-electron chi connectivity index (χ3n) is 6.27. The van der Waals surface area contributed by atoms with Gasteiger partial charge in [0.25, 0.3) is 5.91 Å². The highest BCUT2D eigenvalue weighted by Gasteiger charge is 2.35. The van der Waals surface area contributed by atoms with Crippen molar-refractivity contribution in [3.63, 3.8) is 0 Å². The molecule has 2 bridgehead atoms. The average Bonchev–Trinajstić information content (AvgIpc) is 3.19. The lowest BCUT2D eigenvalue weighted by molar-refractivity contribution is 0.0622. The van der Waals surface area contributed by atoms with Crippen molar-refractivity contribution in [1.82, 2.24) is 10.2 Å². The molecule has 160 valence electrons. The topological polar surface area (TPSA) is 58.4 Å². The molecule has 3 aliphatic heterocycles. The molecule has 6 rings (SSSR count). The van der Waals surface area contributed by atoms with Crippen LogP contribution in [0.2, 0.25) is 0 Å². The van der Waals surface area contributed by atoms with Gasteiger partial charge in [0.15, 0.2) is 0 Å². The van der Waals surface area contributed by atoms with Gasteiger partial charge in [0.1, 0.15) is 0 Å². The van der Waals surface area contributed by atoms with Crippen LogP contribution in [0.3, 0.4) is 0 Å². The Balaban J connectivity index is 0.00000128. The molecule has 3 aromatic rings. The number of piperidine rings is 3. The van der Waals surface area contributed by atoms with Crippen molar-refractivity contribution in [1.29, 1.82) is 0 Å². The Morgan fingerprint density at radius 2 is 1.80 bits per heavy atom. The number of nitrogens with two attached hydrogens (primary N) is 1. The first-order valence-electron chi connectivity index (χ1n) is 10.1. The number of carbonyl (C=O) groups excluding carboxylic acids is 1. The zero-order valence-corrected chi connectivity index (χ0v) is 19.1. The highest BCUT2D eigenvalue weighted by Crippen LogP contribution is 2.36. The number of benzene rings is 2. The summed E-state index contributed by atoms with van der Waals surface area (Å²) in [6, 6.07) is 16.9. The first kappa shape index (κ1) is 23.0. The molecular weight excluding hydrogens is 437 g/mol. The van der Waals surface area contributed by atoms with E-state index in [0.717, 1.165) is 38.2 Å². The number of carbonyl (C=O) groups is 1. The monoisotopic (exact) mass is 463 g/mol. The van der Waals surface area contributed by atoms with Gasteiger partial charge in [-0.1, -0.05) is 42.5 Å². The second-order valence-electron chi connectivity index (χ2n) is 7.91. The van der Waals surface area contributed by atoms with Crippen molar-refractivity contribution in [3.05, 3.63) is 59.0 Å². The predicted octanol–water partition coefficient (Wildman–Crippen LogP) is 4.69. The molecule has 0 spiro atoms. The average molecular weight is 464 g/mol. The minimum atomic E-state index is 0. The number of thiophene rings is 1. The van der Waals surface area contributed by atoms with Gasteiger partial charge in [-0.05, 0) is 60.0 Å². The van der Waals surface area contributed by atoms with Crippen LogP contribution in [0.15, 0.2) is 48.5 Å². The zero-order valence-electron chi connectivity index (χ0n) is 16.7. The molecule has 0 unspecified atom stereocenters. The summed E-state index contributed by atoms with van der Waals surface area (Å²) in [4.78, 5) is 16.3. The highest BCUT2D eigenvalue weighted by atomic mass is 35.5. The van der Waals surface area contributed by atoms with E-state index in [4.69, 9.17) is 5.73 Å². The molecule has 4 heterocycles. The highest BCUT2D eigenvalue weighted by molar-refractivity contribution is 7.21. The van der Waals surface area contributed by atoms with Crippen LogP contribution >= 0.6 is 36.2 Å². The third kappa shape index (κ3) is 4.23.